The van der Waals surface area contributed by atoms with Crippen molar-refractivity contribution in [3.05, 3.63) is 64.7 Å². The summed E-state index contributed by atoms with van der Waals surface area (Å²) in [7, 11) is 0. The van der Waals surface area contributed by atoms with Gasteiger partial charge in [0.25, 0.3) is 11.8 Å². The van der Waals surface area contributed by atoms with Crippen LogP contribution in [-0.2, 0) is 4.79 Å². The lowest BCUT2D eigenvalue weighted by molar-refractivity contribution is -0.123. The van der Waals surface area contributed by atoms with Gasteiger partial charge in [-0.2, -0.15) is 0 Å². The third kappa shape index (κ3) is 6.50. The molecule has 1 N–H and O–H groups in total. The van der Waals surface area contributed by atoms with E-state index >= 15 is 0 Å². The van der Waals surface area contributed by atoms with Crippen LogP contribution in [0, 0.1) is 12.8 Å². The van der Waals surface area contributed by atoms with Gasteiger partial charge in [0.15, 0.2) is 6.61 Å². The van der Waals surface area contributed by atoms with Crippen molar-refractivity contribution in [3.63, 3.8) is 0 Å². The first-order valence-electron chi connectivity index (χ1n) is 10.0. The summed E-state index contributed by atoms with van der Waals surface area (Å²) in [5.74, 6) is 1.12. The monoisotopic (exact) mass is 414 g/mol. The molecule has 1 heterocycles. The van der Waals surface area contributed by atoms with Crippen LogP contribution in [0.2, 0.25) is 5.02 Å². The summed E-state index contributed by atoms with van der Waals surface area (Å²) in [5, 5.41) is 3.54. The number of ether oxygens (including phenoxy) is 1. The Morgan fingerprint density at radius 2 is 1.72 bits per heavy atom. The Labute approximate surface area is 177 Å². The summed E-state index contributed by atoms with van der Waals surface area (Å²) in [6.45, 7) is 4.17. The minimum atomic E-state index is -0.132. The van der Waals surface area contributed by atoms with Gasteiger partial charge in [-0.25, -0.2) is 0 Å². The van der Waals surface area contributed by atoms with Crippen LogP contribution in [0.4, 0.5) is 0 Å². The second-order valence-electron chi connectivity index (χ2n) is 7.48. The Morgan fingerprint density at radius 3 is 2.38 bits per heavy atom. The number of halogens is 1. The van der Waals surface area contributed by atoms with Gasteiger partial charge in [-0.15, -0.1) is 0 Å². The van der Waals surface area contributed by atoms with Crippen molar-refractivity contribution < 1.29 is 14.3 Å². The Kier molecular flexibility index (Phi) is 7.53. The average molecular weight is 415 g/mol. The molecule has 5 nitrogen and oxygen atoms in total. The highest BCUT2D eigenvalue weighted by Gasteiger charge is 2.23. The first-order chi connectivity index (χ1) is 14.0. The lowest BCUT2D eigenvalue weighted by atomic mass is 9.93. The third-order valence-electron chi connectivity index (χ3n) is 5.26. The van der Waals surface area contributed by atoms with Crippen molar-refractivity contribution in [2.45, 2.75) is 26.2 Å². The number of aryl methyl sites for hydroxylation is 1. The number of likely N-dealkylation sites (tertiary alicyclic amines) is 1. The number of nitrogens with zero attached hydrogens (tertiary/aromatic N) is 1. The number of piperidine rings is 1. The smallest absolute Gasteiger partial charge is 0.257 e. The molecule has 2 aromatic rings. The van der Waals surface area contributed by atoms with Crippen molar-refractivity contribution in [1.29, 1.82) is 0 Å². The molecular formula is C23H27ClN2O3. The molecule has 0 saturated carbocycles. The van der Waals surface area contributed by atoms with E-state index in [1.165, 1.54) is 0 Å². The molecule has 2 aromatic carbocycles. The van der Waals surface area contributed by atoms with Gasteiger partial charge < -0.3 is 15.0 Å². The summed E-state index contributed by atoms with van der Waals surface area (Å²) in [4.78, 5) is 26.4. The van der Waals surface area contributed by atoms with Crippen LogP contribution in [0.25, 0.3) is 0 Å². The Morgan fingerprint density at radius 1 is 1.07 bits per heavy atom. The second kappa shape index (κ2) is 10.3. The fourth-order valence-corrected chi connectivity index (χ4v) is 3.58. The normalized spacial score (nSPS) is 14.5. The molecule has 0 unspecified atom stereocenters. The van der Waals surface area contributed by atoms with Crippen molar-refractivity contribution in [2.24, 2.45) is 5.92 Å². The van der Waals surface area contributed by atoms with Gasteiger partial charge in [-0.1, -0.05) is 29.3 Å². The maximum atomic E-state index is 12.6. The number of carbonyl (C=O) groups excluding carboxylic acids is 2. The predicted molar refractivity (Wildman–Crippen MR) is 114 cm³/mol. The highest BCUT2D eigenvalue weighted by molar-refractivity contribution is 6.30. The fourth-order valence-electron chi connectivity index (χ4n) is 3.45. The van der Waals surface area contributed by atoms with Gasteiger partial charge in [0, 0.05) is 30.2 Å². The average Bonchev–Trinajstić information content (AvgIpc) is 2.74. The van der Waals surface area contributed by atoms with Crippen LogP contribution >= 0.6 is 11.6 Å². The molecule has 0 spiro atoms. The number of carbonyl (C=O) groups is 2. The number of amides is 2. The molecular weight excluding hydrogens is 388 g/mol. The summed E-state index contributed by atoms with van der Waals surface area (Å²) < 4.78 is 5.44. The van der Waals surface area contributed by atoms with Crippen molar-refractivity contribution in [1.82, 2.24) is 10.2 Å². The number of hydrogen-bond acceptors (Lipinski definition) is 3. The molecule has 29 heavy (non-hydrogen) atoms. The van der Waals surface area contributed by atoms with Crippen molar-refractivity contribution in [3.8, 4) is 5.75 Å². The largest absolute Gasteiger partial charge is 0.484 e. The van der Waals surface area contributed by atoms with Gasteiger partial charge in [-0.3, -0.25) is 9.59 Å². The third-order valence-corrected chi connectivity index (χ3v) is 5.51. The van der Waals surface area contributed by atoms with Gasteiger partial charge in [-0.05, 0) is 68.5 Å². The fraction of sp³-hybridized carbons (Fsp3) is 0.391. The molecule has 1 aliphatic heterocycles. The first kappa shape index (κ1) is 21.2. The highest BCUT2D eigenvalue weighted by atomic mass is 35.5. The van der Waals surface area contributed by atoms with E-state index in [1.807, 2.05) is 36.1 Å². The molecule has 6 heteroatoms. The minimum Gasteiger partial charge on any atom is -0.484 e. The molecule has 1 saturated heterocycles. The Balaban J connectivity index is 1.32. The number of rotatable bonds is 7. The highest BCUT2D eigenvalue weighted by Crippen LogP contribution is 2.21. The van der Waals surface area contributed by atoms with E-state index < -0.39 is 0 Å². The molecule has 1 fully saturated rings. The summed E-state index contributed by atoms with van der Waals surface area (Å²) >= 11 is 5.82. The van der Waals surface area contributed by atoms with Gasteiger partial charge in [0.1, 0.15) is 5.75 Å². The van der Waals surface area contributed by atoms with Gasteiger partial charge >= 0.3 is 0 Å². The predicted octanol–water partition coefficient (Wildman–Crippen LogP) is 4.09. The number of nitrogens with one attached hydrogen (secondary N) is 1. The van der Waals surface area contributed by atoms with Crippen LogP contribution in [-0.4, -0.2) is 43.0 Å². The summed E-state index contributed by atoms with van der Waals surface area (Å²) in [6.07, 6.45) is 2.85. The standard InChI is InChI=1S/C23H27ClN2O3/c1-17-2-4-19(5-3-17)23(28)26-14-11-18(12-15-26)10-13-25-22(27)16-29-21-8-6-20(24)7-9-21/h2-9,18H,10-16H2,1H3,(H,25,27). The zero-order chi connectivity index (χ0) is 20.6. The molecule has 2 amide bonds. The van der Waals surface area contributed by atoms with E-state index in [9.17, 15) is 9.59 Å². The van der Waals surface area contributed by atoms with Gasteiger partial charge in [0.2, 0.25) is 0 Å². The summed E-state index contributed by atoms with van der Waals surface area (Å²) in [5.41, 5.74) is 1.91. The maximum Gasteiger partial charge on any atom is 0.257 e. The first-order valence-corrected chi connectivity index (χ1v) is 10.4. The van der Waals surface area contributed by atoms with E-state index in [-0.39, 0.29) is 18.4 Å². The van der Waals surface area contributed by atoms with Crippen LogP contribution in [0.15, 0.2) is 48.5 Å². The second-order valence-corrected chi connectivity index (χ2v) is 7.92. The molecule has 0 radical (unpaired) electrons. The molecule has 1 aliphatic rings. The molecule has 0 aromatic heterocycles. The number of hydrogen-bond donors (Lipinski definition) is 1. The maximum absolute atomic E-state index is 12.6. The molecule has 0 aliphatic carbocycles. The van der Waals surface area contributed by atoms with E-state index in [1.54, 1.807) is 24.3 Å². The van der Waals surface area contributed by atoms with Crippen molar-refractivity contribution in [2.75, 3.05) is 26.2 Å². The lowest BCUT2D eigenvalue weighted by Gasteiger charge is -2.32. The van der Waals surface area contributed by atoms with E-state index in [4.69, 9.17) is 16.3 Å². The lowest BCUT2D eigenvalue weighted by Crippen LogP contribution is -2.39. The minimum absolute atomic E-state index is 0.00880. The Bertz CT molecular complexity index is 813. The van der Waals surface area contributed by atoms with Crippen molar-refractivity contribution >= 4 is 23.4 Å². The quantitative estimate of drug-likeness (QED) is 0.742. The zero-order valence-corrected chi connectivity index (χ0v) is 17.5. The Hall–Kier alpha value is -2.53. The van der Waals surface area contributed by atoms with Crippen LogP contribution in [0.1, 0.15) is 35.2 Å². The van der Waals surface area contributed by atoms with Crippen LogP contribution in [0.5, 0.6) is 5.75 Å². The molecule has 154 valence electrons. The molecule has 3 rings (SSSR count). The molecule has 0 atom stereocenters. The number of benzene rings is 2. The van der Waals surface area contributed by atoms with E-state index in [0.29, 0.717) is 23.2 Å². The zero-order valence-electron chi connectivity index (χ0n) is 16.7. The van der Waals surface area contributed by atoms with Crippen LogP contribution in [0.3, 0.4) is 0 Å². The van der Waals surface area contributed by atoms with E-state index in [2.05, 4.69) is 5.32 Å². The molecule has 0 bridgehead atoms. The van der Waals surface area contributed by atoms with E-state index in [0.717, 1.165) is 43.5 Å². The summed E-state index contributed by atoms with van der Waals surface area (Å²) in [6, 6.07) is 14.7. The SMILES string of the molecule is Cc1ccc(C(=O)N2CCC(CCNC(=O)COc3ccc(Cl)cc3)CC2)cc1. The topological polar surface area (TPSA) is 58.6 Å². The van der Waals surface area contributed by atoms with Crippen LogP contribution < -0.4 is 10.1 Å². The van der Waals surface area contributed by atoms with Gasteiger partial charge in [0.05, 0.1) is 0 Å².